The molecule has 1 saturated heterocycles. The second kappa shape index (κ2) is 8.39. The predicted molar refractivity (Wildman–Crippen MR) is 108 cm³/mol. The minimum absolute atomic E-state index is 0.0345. The molecule has 0 aromatic carbocycles. The Morgan fingerprint density at radius 2 is 2.16 bits per heavy atom. The van der Waals surface area contributed by atoms with Crippen LogP contribution in [-0.2, 0) is 0 Å². The number of amides is 1. The van der Waals surface area contributed by atoms with E-state index in [-0.39, 0.29) is 24.3 Å². The fraction of sp³-hybridized carbons (Fsp3) is 0.571. The molecule has 1 N–H and O–H groups in total. The summed E-state index contributed by atoms with van der Waals surface area (Å²) in [7, 11) is 1.49. The topological polar surface area (TPSA) is 72.3 Å². The maximum atomic E-state index is 13.6. The molecule has 0 radical (unpaired) electrons. The Morgan fingerprint density at radius 3 is 2.87 bits per heavy atom. The van der Waals surface area contributed by atoms with Crippen LogP contribution in [0.5, 0.6) is 5.88 Å². The molecule has 0 aliphatic carbocycles. The maximum Gasteiger partial charge on any atom is 0.410 e. The van der Waals surface area contributed by atoms with Crippen LogP contribution in [0, 0.1) is 0 Å². The van der Waals surface area contributed by atoms with E-state index < -0.39 is 12.2 Å². The lowest BCUT2D eigenvalue weighted by molar-refractivity contribution is -0.173. The molecule has 0 unspecified atom stereocenters. The molecule has 7 nitrogen and oxygen atoms in total. The third-order valence-electron chi connectivity index (χ3n) is 6.10. The van der Waals surface area contributed by atoms with E-state index >= 15 is 0 Å². The highest BCUT2D eigenvalue weighted by Crippen LogP contribution is 2.41. The average Bonchev–Trinajstić information content (AvgIpc) is 3.21. The summed E-state index contributed by atoms with van der Waals surface area (Å²) in [4.78, 5) is 18.7. The molecule has 0 saturated carbocycles. The van der Waals surface area contributed by atoms with Crippen molar-refractivity contribution in [3.8, 4) is 5.88 Å². The number of hydrogen-bond acceptors (Lipinski definition) is 5. The number of alkyl halides is 3. The quantitative estimate of drug-likeness (QED) is 0.783. The van der Waals surface area contributed by atoms with Gasteiger partial charge in [-0.3, -0.25) is 4.79 Å². The minimum atomic E-state index is -4.36. The monoisotopic (exact) mass is 437 g/mol. The molecule has 4 rings (SSSR count). The number of pyridine rings is 1. The summed E-state index contributed by atoms with van der Waals surface area (Å²) >= 11 is 0. The van der Waals surface area contributed by atoms with Crippen LogP contribution in [-0.4, -0.2) is 58.0 Å². The van der Waals surface area contributed by atoms with Crippen LogP contribution in [0.3, 0.4) is 0 Å². The highest BCUT2D eigenvalue weighted by atomic mass is 19.4. The number of nitrogens with zero attached hydrogens (tertiary/aromatic N) is 4. The van der Waals surface area contributed by atoms with Crippen molar-refractivity contribution in [2.24, 2.45) is 0 Å². The van der Waals surface area contributed by atoms with Crippen LogP contribution in [0.2, 0.25) is 0 Å². The second-order valence-electron chi connectivity index (χ2n) is 8.12. The third kappa shape index (κ3) is 4.33. The van der Waals surface area contributed by atoms with E-state index in [1.807, 2.05) is 6.92 Å². The van der Waals surface area contributed by atoms with E-state index in [9.17, 15) is 18.0 Å². The Hall–Kier alpha value is -2.78. The van der Waals surface area contributed by atoms with Gasteiger partial charge in [0.05, 0.1) is 12.8 Å². The van der Waals surface area contributed by atoms with Gasteiger partial charge >= 0.3 is 6.18 Å². The summed E-state index contributed by atoms with van der Waals surface area (Å²) in [5, 5.41) is 7.53. The predicted octanol–water partition coefficient (Wildman–Crippen LogP) is 4.00. The zero-order chi connectivity index (χ0) is 22.2. The number of carbonyl (C=O) groups is 1. The normalized spacial score (nSPS) is 23.8. The first-order valence-electron chi connectivity index (χ1n) is 10.5. The number of methoxy groups -OCH3 is 1. The van der Waals surface area contributed by atoms with Gasteiger partial charge < -0.3 is 15.0 Å². The Kier molecular flexibility index (Phi) is 5.81. The van der Waals surface area contributed by atoms with Crippen molar-refractivity contribution in [2.45, 2.75) is 56.8 Å². The number of piperidine rings is 1. The Morgan fingerprint density at radius 1 is 1.35 bits per heavy atom. The van der Waals surface area contributed by atoms with Crippen molar-refractivity contribution in [3.05, 3.63) is 35.7 Å². The number of anilines is 1. The number of nitrogens with one attached hydrogen (secondary N) is 1. The molecule has 2 aromatic rings. The van der Waals surface area contributed by atoms with Crippen LogP contribution in [0.1, 0.15) is 60.6 Å². The van der Waals surface area contributed by atoms with E-state index in [0.29, 0.717) is 42.5 Å². The summed E-state index contributed by atoms with van der Waals surface area (Å²) in [5.74, 6) is 0.496. The first kappa shape index (κ1) is 21.5. The number of likely N-dealkylation sites (tertiary alicyclic amines) is 1. The second-order valence-corrected chi connectivity index (χ2v) is 8.12. The number of halogens is 3. The summed E-state index contributed by atoms with van der Waals surface area (Å²) in [6.45, 7) is 2.87. The highest BCUT2D eigenvalue weighted by Gasteiger charge is 2.46. The number of hydrogen-bond donors (Lipinski definition) is 1. The van der Waals surface area contributed by atoms with E-state index in [4.69, 9.17) is 4.74 Å². The van der Waals surface area contributed by atoms with Crippen LogP contribution >= 0.6 is 0 Å². The first-order chi connectivity index (χ1) is 14.8. The molecule has 1 amide bonds. The molecule has 0 spiro atoms. The molecule has 1 fully saturated rings. The summed E-state index contributed by atoms with van der Waals surface area (Å²) < 4.78 is 47.1. The van der Waals surface area contributed by atoms with E-state index in [0.717, 1.165) is 17.5 Å². The largest absolute Gasteiger partial charge is 0.481 e. The van der Waals surface area contributed by atoms with Crippen molar-refractivity contribution in [3.63, 3.8) is 0 Å². The highest BCUT2D eigenvalue weighted by molar-refractivity contribution is 5.94. The zero-order valence-corrected chi connectivity index (χ0v) is 17.5. The fourth-order valence-corrected chi connectivity index (χ4v) is 4.38. The summed E-state index contributed by atoms with van der Waals surface area (Å²) in [6, 6.07) is 3.06. The molecule has 2 aromatic heterocycles. The van der Waals surface area contributed by atoms with Gasteiger partial charge in [0.2, 0.25) is 5.88 Å². The molecule has 2 aliphatic heterocycles. The Labute approximate surface area is 178 Å². The van der Waals surface area contributed by atoms with Crippen LogP contribution in [0.25, 0.3) is 0 Å². The average molecular weight is 437 g/mol. The van der Waals surface area contributed by atoms with Gasteiger partial charge in [-0.1, -0.05) is 6.92 Å². The van der Waals surface area contributed by atoms with Gasteiger partial charge in [-0.05, 0) is 31.7 Å². The molecular formula is C21H26F3N5O2. The molecule has 31 heavy (non-hydrogen) atoms. The van der Waals surface area contributed by atoms with Gasteiger partial charge in [0.15, 0.2) is 6.04 Å². The number of rotatable bonds is 4. The summed E-state index contributed by atoms with van der Waals surface area (Å²) in [5.41, 5.74) is 1.07. The van der Waals surface area contributed by atoms with Crippen molar-refractivity contribution >= 4 is 11.7 Å². The molecule has 3 atom stereocenters. The van der Waals surface area contributed by atoms with Crippen molar-refractivity contribution < 1.29 is 22.7 Å². The maximum absolute atomic E-state index is 13.6. The van der Waals surface area contributed by atoms with E-state index in [1.54, 1.807) is 23.1 Å². The lowest BCUT2D eigenvalue weighted by Gasteiger charge is -2.33. The number of ether oxygens (including phenoxy) is 1. The Balaban J connectivity index is 1.55. The lowest BCUT2D eigenvalue weighted by Crippen LogP contribution is -2.39. The number of aromatic nitrogens is 3. The van der Waals surface area contributed by atoms with Crippen molar-refractivity contribution in [1.29, 1.82) is 0 Å². The van der Waals surface area contributed by atoms with Gasteiger partial charge in [0, 0.05) is 48.9 Å². The van der Waals surface area contributed by atoms with Gasteiger partial charge in [0.1, 0.15) is 5.82 Å². The van der Waals surface area contributed by atoms with Crippen molar-refractivity contribution in [1.82, 2.24) is 19.7 Å². The molecule has 4 heterocycles. The Bertz CT molecular complexity index is 945. The first-order valence-corrected chi connectivity index (χ1v) is 10.5. The number of fused-ring (bicyclic) bond motifs is 1. The zero-order valence-electron chi connectivity index (χ0n) is 17.5. The molecule has 168 valence electrons. The third-order valence-corrected chi connectivity index (χ3v) is 6.10. The fourth-order valence-electron chi connectivity index (χ4n) is 4.38. The van der Waals surface area contributed by atoms with Crippen molar-refractivity contribution in [2.75, 3.05) is 25.5 Å². The van der Waals surface area contributed by atoms with Gasteiger partial charge in [-0.2, -0.15) is 18.3 Å². The molecule has 10 heteroatoms. The van der Waals surface area contributed by atoms with E-state index in [1.165, 1.54) is 13.3 Å². The SMILES string of the molecule is CC[C@@H]1C[C@H](C(F)(F)F)n2nc([C@@H]3CCCN(C(=O)c4ccnc(OC)c4)C3)cc2N1. The van der Waals surface area contributed by atoms with Gasteiger partial charge in [0.25, 0.3) is 5.91 Å². The molecular weight excluding hydrogens is 411 g/mol. The molecule has 2 aliphatic rings. The molecule has 0 bridgehead atoms. The minimum Gasteiger partial charge on any atom is -0.481 e. The lowest BCUT2D eigenvalue weighted by atomic mass is 9.94. The van der Waals surface area contributed by atoms with Crippen LogP contribution < -0.4 is 10.1 Å². The summed E-state index contributed by atoms with van der Waals surface area (Å²) in [6.07, 6.45) is -0.740. The van der Waals surface area contributed by atoms with Crippen LogP contribution in [0.15, 0.2) is 24.4 Å². The van der Waals surface area contributed by atoms with Crippen LogP contribution in [0.4, 0.5) is 19.0 Å². The smallest absolute Gasteiger partial charge is 0.410 e. The van der Waals surface area contributed by atoms with E-state index in [2.05, 4.69) is 15.4 Å². The van der Waals surface area contributed by atoms with Gasteiger partial charge in [-0.15, -0.1) is 0 Å². The standard InChI is InChI=1S/C21H26F3N5O2/c1-3-15-10-17(21(22,23)24)29-18(26-15)11-16(27-29)14-5-4-8-28(12-14)20(30)13-6-7-25-19(9-13)31-2/h6-7,9,11,14-15,17,26H,3-5,8,10,12H2,1-2H3/t14-,15-,17-/m1/s1. The van der Waals surface area contributed by atoms with Gasteiger partial charge in [-0.25, -0.2) is 9.67 Å². The number of carbonyl (C=O) groups excluding carboxylic acids is 1.